The molecule has 0 unspecified atom stereocenters. The first kappa shape index (κ1) is 11.8. The monoisotopic (exact) mass is 295 g/mol. The van der Waals surface area contributed by atoms with E-state index in [4.69, 9.17) is 0 Å². The van der Waals surface area contributed by atoms with Crippen LogP contribution in [-0.4, -0.2) is 14.7 Å². The Kier molecular flexibility index (Phi) is 3.23. The molecule has 0 fully saturated rings. The van der Waals surface area contributed by atoms with Crippen molar-refractivity contribution in [2.75, 3.05) is 0 Å². The molecule has 88 valence electrons. The first-order valence-electron chi connectivity index (χ1n) is 4.98. The lowest BCUT2D eigenvalue weighted by Crippen LogP contribution is -2.00. The van der Waals surface area contributed by atoms with Crippen LogP contribution < -0.4 is 0 Å². The minimum absolute atomic E-state index is 0.0708. The quantitative estimate of drug-likeness (QED) is 0.497. The molecule has 1 aromatic heterocycles. The normalized spacial score (nSPS) is 10.5. The average Bonchev–Trinajstić information content (AvgIpc) is 2.77. The van der Waals surface area contributed by atoms with Gasteiger partial charge >= 0.3 is 0 Å². The third kappa shape index (κ3) is 2.36. The van der Waals surface area contributed by atoms with Crippen LogP contribution in [0, 0.1) is 17.0 Å². The lowest BCUT2D eigenvalue weighted by molar-refractivity contribution is -0.384. The van der Waals surface area contributed by atoms with Gasteiger partial charge < -0.3 is 0 Å². The predicted molar refractivity (Wildman–Crippen MR) is 67.6 cm³/mol. The van der Waals surface area contributed by atoms with Gasteiger partial charge in [0, 0.05) is 23.7 Å². The molecule has 0 N–H and O–H groups in total. The highest BCUT2D eigenvalue weighted by Gasteiger charge is 2.10. The largest absolute Gasteiger partial charge is 0.271 e. The molecule has 0 bridgehead atoms. The molecule has 2 rings (SSSR count). The van der Waals surface area contributed by atoms with Crippen LogP contribution in [0.2, 0.25) is 0 Å². The minimum atomic E-state index is -0.405. The summed E-state index contributed by atoms with van der Waals surface area (Å²) in [6.07, 6.45) is 1.79. The molecule has 1 aromatic carbocycles. The summed E-state index contributed by atoms with van der Waals surface area (Å²) in [6.45, 7) is 1.90. The number of aromatic nitrogens is 2. The van der Waals surface area contributed by atoms with Crippen molar-refractivity contribution in [3.63, 3.8) is 0 Å². The van der Waals surface area contributed by atoms with Gasteiger partial charge in [0.05, 0.1) is 16.3 Å². The van der Waals surface area contributed by atoms with Crippen molar-refractivity contribution in [2.45, 2.75) is 12.3 Å². The van der Waals surface area contributed by atoms with Crippen LogP contribution in [0.15, 0.2) is 30.5 Å². The zero-order valence-corrected chi connectivity index (χ0v) is 10.7. The van der Waals surface area contributed by atoms with Gasteiger partial charge in [0.1, 0.15) is 0 Å². The topological polar surface area (TPSA) is 61.0 Å². The molecule has 5 nitrogen and oxygen atoms in total. The predicted octanol–water partition coefficient (Wildman–Crippen LogP) is 2.98. The van der Waals surface area contributed by atoms with Crippen molar-refractivity contribution in [1.82, 2.24) is 9.78 Å². The van der Waals surface area contributed by atoms with Gasteiger partial charge in [-0.3, -0.25) is 10.1 Å². The van der Waals surface area contributed by atoms with Crippen LogP contribution in [0.3, 0.4) is 0 Å². The molecule has 0 aliphatic heterocycles. The number of non-ortho nitro benzene ring substituents is 1. The van der Waals surface area contributed by atoms with E-state index >= 15 is 0 Å². The highest BCUT2D eigenvalue weighted by atomic mass is 79.9. The van der Waals surface area contributed by atoms with E-state index in [0.717, 1.165) is 16.9 Å². The van der Waals surface area contributed by atoms with Crippen LogP contribution in [0.1, 0.15) is 11.3 Å². The van der Waals surface area contributed by atoms with Crippen LogP contribution in [0.25, 0.3) is 5.69 Å². The molecule has 0 atom stereocenters. The minimum Gasteiger partial charge on any atom is -0.258 e. The Balaban J connectivity index is 2.49. The number of rotatable bonds is 3. The van der Waals surface area contributed by atoms with Gasteiger partial charge in [-0.1, -0.05) is 22.0 Å². The second-order valence-corrected chi connectivity index (χ2v) is 4.17. The second kappa shape index (κ2) is 4.67. The van der Waals surface area contributed by atoms with E-state index in [1.807, 2.05) is 13.0 Å². The number of nitrogens with zero attached hydrogens (tertiary/aromatic N) is 3. The highest BCUT2D eigenvalue weighted by molar-refractivity contribution is 9.08. The van der Waals surface area contributed by atoms with Crippen molar-refractivity contribution in [2.24, 2.45) is 0 Å². The Morgan fingerprint density at radius 3 is 2.82 bits per heavy atom. The first-order valence-corrected chi connectivity index (χ1v) is 6.10. The maximum Gasteiger partial charge on any atom is 0.271 e. The molecule has 1 heterocycles. The lowest BCUT2D eigenvalue weighted by atomic mass is 10.2. The van der Waals surface area contributed by atoms with Crippen molar-refractivity contribution >= 4 is 21.6 Å². The van der Waals surface area contributed by atoms with Gasteiger partial charge in [0.15, 0.2) is 0 Å². The van der Waals surface area contributed by atoms with E-state index in [2.05, 4.69) is 21.0 Å². The molecule has 0 aliphatic rings. The standard InChI is InChI=1S/C11H10BrN3O2/c1-8-2-3-10(15(16)17)6-11(8)14-5-4-9(7-12)13-14/h2-6H,7H2,1H3. The molecule has 0 saturated heterocycles. The molecule has 0 saturated carbocycles. The molecular formula is C11H10BrN3O2. The van der Waals surface area contributed by atoms with Crippen molar-refractivity contribution in [1.29, 1.82) is 0 Å². The van der Waals surface area contributed by atoms with Crippen LogP contribution >= 0.6 is 15.9 Å². The molecule has 6 heteroatoms. The highest BCUT2D eigenvalue weighted by Crippen LogP contribution is 2.20. The smallest absolute Gasteiger partial charge is 0.258 e. The SMILES string of the molecule is Cc1ccc([N+](=O)[O-])cc1-n1ccc(CBr)n1. The van der Waals surface area contributed by atoms with Crippen molar-refractivity contribution < 1.29 is 4.92 Å². The molecule has 0 radical (unpaired) electrons. The summed E-state index contributed by atoms with van der Waals surface area (Å²) >= 11 is 3.32. The summed E-state index contributed by atoms with van der Waals surface area (Å²) in [4.78, 5) is 10.3. The molecule has 0 spiro atoms. The van der Waals surface area contributed by atoms with E-state index in [-0.39, 0.29) is 5.69 Å². The van der Waals surface area contributed by atoms with Crippen LogP contribution in [0.4, 0.5) is 5.69 Å². The summed E-state index contributed by atoms with van der Waals surface area (Å²) in [5, 5.41) is 15.7. The van der Waals surface area contributed by atoms with Gasteiger partial charge in [0.25, 0.3) is 5.69 Å². The van der Waals surface area contributed by atoms with E-state index in [1.165, 1.54) is 12.1 Å². The molecule has 0 amide bonds. The average molecular weight is 296 g/mol. The Morgan fingerprint density at radius 2 is 2.24 bits per heavy atom. The summed E-state index contributed by atoms with van der Waals surface area (Å²) in [7, 11) is 0. The van der Waals surface area contributed by atoms with E-state index in [1.54, 1.807) is 16.9 Å². The first-order chi connectivity index (χ1) is 8.11. The zero-order chi connectivity index (χ0) is 12.4. The third-order valence-electron chi connectivity index (χ3n) is 2.43. The van der Waals surface area contributed by atoms with Gasteiger partial charge in [-0.05, 0) is 18.6 Å². The summed E-state index contributed by atoms with van der Waals surface area (Å²) in [5.41, 5.74) is 2.63. The molecule has 17 heavy (non-hydrogen) atoms. The third-order valence-corrected chi connectivity index (χ3v) is 3.01. The van der Waals surface area contributed by atoms with E-state index in [9.17, 15) is 10.1 Å². The van der Waals surface area contributed by atoms with Crippen LogP contribution in [-0.2, 0) is 5.33 Å². The lowest BCUT2D eigenvalue weighted by Gasteiger charge is -2.05. The maximum atomic E-state index is 10.7. The van der Waals surface area contributed by atoms with Gasteiger partial charge in [-0.2, -0.15) is 5.10 Å². The number of halogens is 1. The van der Waals surface area contributed by atoms with Gasteiger partial charge in [0.2, 0.25) is 0 Å². The number of nitro benzene ring substituents is 1. The van der Waals surface area contributed by atoms with Gasteiger partial charge in [-0.15, -0.1) is 0 Å². The summed E-state index contributed by atoms with van der Waals surface area (Å²) < 4.78 is 1.65. The second-order valence-electron chi connectivity index (χ2n) is 3.61. The van der Waals surface area contributed by atoms with Crippen molar-refractivity contribution in [3.05, 3.63) is 51.8 Å². The maximum absolute atomic E-state index is 10.7. The van der Waals surface area contributed by atoms with Crippen LogP contribution in [0.5, 0.6) is 0 Å². The number of benzene rings is 1. The Bertz CT molecular complexity index is 566. The Labute approximate surface area is 106 Å². The van der Waals surface area contributed by atoms with E-state index in [0.29, 0.717) is 5.33 Å². The Morgan fingerprint density at radius 1 is 1.47 bits per heavy atom. The molecular weight excluding hydrogens is 286 g/mol. The number of hydrogen-bond donors (Lipinski definition) is 0. The number of alkyl halides is 1. The summed E-state index contributed by atoms with van der Waals surface area (Å²) in [6, 6.07) is 6.62. The Hall–Kier alpha value is -1.69. The fourth-order valence-corrected chi connectivity index (χ4v) is 1.82. The molecule has 2 aromatic rings. The fraction of sp³-hybridized carbons (Fsp3) is 0.182. The van der Waals surface area contributed by atoms with Gasteiger partial charge in [-0.25, -0.2) is 4.68 Å². The number of aryl methyl sites for hydroxylation is 1. The summed E-state index contributed by atoms with van der Waals surface area (Å²) in [5.74, 6) is 0. The van der Waals surface area contributed by atoms with E-state index < -0.39 is 4.92 Å². The number of nitro groups is 1. The fourth-order valence-electron chi connectivity index (χ4n) is 1.53. The number of hydrogen-bond acceptors (Lipinski definition) is 3. The molecule has 0 aliphatic carbocycles. The zero-order valence-electron chi connectivity index (χ0n) is 9.13. The van der Waals surface area contributed by atoms with Crippen molar-refractivity contribution in [3.8, 4) is 5.69 Å².